The summed E-state index contributed by atoms with van der Waals surface area (Å²) < 4.78 is 3.59. The molecular weight excluding hydrogens is 252 g/mol. The lowest BCUT2D eigenvalue weighted by Gasteiger charge is -2.01. The molecule has 3 aromatic heterocycles. The van der Waals surface area contributed by atoms with E-state index < -0.39 is 0 Å². The predicted molar refractivity (Wildman–Crippen MR) is 68.5 cm³/mol. The number of nitrogens with zero attached hydrogens (tertiary/aromatic N) is 5. The first-order chi connectivity index (χ1) is 8.72. The molecule has 0 radical (unpaired) electrons. The smallest absolute Gasteiger partial charge is 0.243 e. The molecule has 3 heterocycles. The number of fused-ring (bicyclic) bond motifs is 1. The van der Waals surface area contributed by atoms with Gasteiger partial charge in [0, 0.05) is 25.6 Å². The van der Waals surface area contributed by atoms with Gasteiger partial charge in [0.2, 0.25) is 5.95 Å². The largest absolute Gasteiger partial charge is 0.346 e. The van der Waals surface area contributed by atoms with E-state index in [-0.39, 0.29) is 0 Å². The summed E-state index contributed by atoms with van der Waals surface area (Å²) in [6.07, 6.45) is 5.37. The molecule has 0 atom stereocenters. The Morgan fingerprint density at radius 3 is 3.06 bits per heavy atom. The second-order valence-electron chi connectivity index (χ2n) is 3.89. The van der Waals surface area contributed by atoms with Crippen molar-refractivity contribution in [2.45, 2.75) is 6.54 Å². The molecule has 0 bridgehead atoms. The number of rotatable bonds is 3. The minimum atomic E-state index is 0.556. The fourth-order valence-electron chi connectivity index (χ4n) is 1.66. The fraction of sp³-hybridized carbons (Fsp3) is 0.182. The Hall–Kier alpha value is -2.08. The molecule has 3 aromatic rings. The topological polar surface area (TPSA) is 60.0 Å². The first-order valence-electron chi connectivity index (χ1n) is 5.44. The van der Waals surface area contributed by atoms with Crippen molar-refractivity contribution in [3.63, 3.8) is 0 Å². The van der Waals surface area contributed by atoms with Crippen molar-refractivity contribution < 1.29 is 0 Å². The lowest BCUT2D eigenvalue weighted by atomic mass is 10.5. The minimum Gasteiger partial charge on any atom is -0.346 e. The van der Waals surface area contributed by atoms with Gasteiger partial charge in [-0.2, -0.15) is 4.98 Å². The Balaban J connectivity index is 1.81. The van der Waals surface area contributed by atoms with Crippen LogP contribution in [-0.2, 0) is 13.6 Å². The van der Waals surface area contributed by atoms with Crippen molar-refractivity contribution >= 4 is 23.2 Å². The molecule has 18 heavy (non-hydrogen) atoms. The van der Waals surface area contributed by atoms with E-state index in [0.29, 0.717) is 17.5 Å². The standard InChI is InChI=1S/C11H11ClN6/c1-17-5-4-13-10(17)6-14-11-15-9-3-2-8(12)7-18(9)16-11/h2-5,7H,6H2,1H3,(H,14,16). The fourth-order valence-corrected chi connectivity index (χ4v) is 1.81. The number of imidazole rings is 1. The lowest BCUT2D eigenvalue weighted by molar-refractivity contribution is 0.807. The van der Waals surface area contributed by atoms with E-state index in [4.69, 9.17) is 11.6 Å². The quantitative estimate of drug-likeness (QED) is 0.781. The van der Waals surface area contributed by atoms with Crippen LogP contribution in [0.15, 0.2) is 30.7 Å². The van der Waals surface area contributed by atoms with Crippen LogP contribution in [0.4, 0.5) is 5.95 Å². The summed E-state index contributed by atoms with van der Waals surface area (Å²) in [5, 5.41) is 8.03. The zero-order valence-corrected chi connectivity index (χ0v) is 10.5. The molecule has 3 rings (SSSR count). The molecule has 0 aliphatic heterocycles. The van der Waals surface area contributed by atoms with E-state index in [2.05, 4.69) is 20.4 Å². The summed E-state index contributed by atoms with van der Waals surface area (Å²) in [4.78, 5) is 8.54. The monoisotopic (exact) mass is 262 g/mol. The first-order valence-corrected chi connectivity index (χ1v) is 5.82. The van der Waals surface area contributed by atoms with E-state index in [9.17, 15) is 0 Å². The number of nitrogens with one attached hydrogen (secondary N) is 1. The van der Waals surface area contributed by atoms with Crippen LogP contribution >= 0.6 is 11.6 Å². The third-order valence-electron chi connectivity index (χ3n) is 2.62. The van der Waals surface area contributed by atoms with Gasteiger partial charge >= 0.3 is 0 Å². The lowest BCUT2D eigenvalue weighted by Crippen LogP contribution is -2.06. The maximum Gasteiger partial charge on any atom is 0.243 e. The normalized spacial score (nSPS) is 11.0. The van der Waals surface area contributed by atoms with Gasteiger partial charge in [0.1, 0.15) is 5.82 Å². The number of halogens is 1. The molecule has 0 spiro atoms. The molecule has 7 heteroatoms. The second kappa shape index (κ2) is 4.30. The Morgan fingerprint density at radius 2 is 2.28 bits per heavy atom. The molecule has 0 saturated heterocycles. The number of hydrogen-bond donors (Lipinski definition) is 1. The molecule has 1 N–H and O–H groups in total. The number of aryl methyl sites for hydroxylation is 1. The molecule has 0 unspecified atom stereocenters. The Kier molecular flexibility index (Phi) is 2.64. The summed E-state index contributed by atoms with van der Waals surface area (Å²) in [5.74, 6) is 1.48. The van der Waals surface area contributed by atoms with Crippen molar-refractivity contribution in [1.29, 1.82) is 0 Å². The van der Waals surface area contributed by atoms with E-state index in [1.807, 2.05) is 23.9 Å². The van der Waals surface area contributed by atoms with Crippen molar-refractivity contribution in [2.24, 2.45) is 7.05 Å². The van der Waals surface area contributed by atoms with Crippen LogP contribution in [-0.4, -0.2) is 24.1 Å². The molecule has 0 aliphatic carbocycles. The highest BCUT2D eigenvalue weighted by molar-refractivity contribution is 6.30. The molecule has 0 aromatic carbocycles. The van der Waals surface area contributed by atoms with Crippen molar-refractivity contribution in [3.8, 4) is 0 Å². The van der Waals surface area contributed by atoms with Crippen LogP contribution in [0.5, 0.6) is 0 Å². The van der Waals surface area contributed by atoms with Gasteiger partial charge in [-0.1, -0.05) is 11.6 Å². The van der Waals surface area contributed by atoms with Crippen LogP contribution in [0.1, 0.15) is 5.82 Å². The van der Waals surface area contributed by atoms with Gasteiger partial charge in [-0.3, -0.25) is 0 Å². The van der Waals surface area contributed by atoms with Crippen LogP contribution in [0.25, 0.3) is 5.65 Å². The molecule has 0 amide bonds. The highest BCUT2D eigenvalue weighted by atomic mass is 35.5. The average molecular weight is 263 g/mol. The Labute approximate surface area is 108 Å². The van der Waals surface area contributed by atoms with Gasteiger partial charge in [-0.25, -0.2) is 9.50 Å². The van der Waals surface area contributed by atoms with Crippen LogP contribution in [0.3, 0.4) is 0 Å². The van der Waals surface area contributed by atoms with Crippen molar-refractivity contribution in [1.82, 2.24) is 24.1 Å². The number of anilines is 1. The summed E-state index contributed by atoms with van der Waals surface area (Å²) in [6, 6.07) is 3.61. The van der Waals surface area contributed by atoms with E-state index >= 15 is 0 Å². The summed E-state index contributed by atoms with van der Waals surface area (Å²) >= 11 is 5.88. The van der Waals surface area contributed by atoms with Gasteiger partial charge in [0.15, 0.2) is 5.65 Å². The Morgan fingerprint density at radius 1 is 1.39 bits per heavy atom. The predicted octanol–water partition coefficient (Wildman–Crippen LogP) is 1.73. The second-order valence-corrected chi connectivity index (χ2v) is 4.33. The van der Waals surface area contributed by atoms with Gasteiger partial charge in [0.25, 0.3) is 0 Å². The van der Waals surface area contributed by atoms with Crippen molar-refractivity contribution in [2.75, 3.05) is 5.32 Å². The average Bonchev–Trinajstić information content (AvgIpc) is 2.92. The van der Waals surface area contributed by atoms with Crippen LogP contribution in [0.2, 0.25) is 5.02 Å². The van der Waals surface area contributed by atoms with E-state index in [1.54, 1.807) is 23.0 Å². The van der Waals surface area contributed by atoms with Gasteiger partial charge < -0.3 is 9.88 Å². The van der Waals surface area contributed by atoms with Gasteiger partial charge in [0.05, 0.1) is 11.6 Å². The highest BCUT2D eigenvalue weighted by Gasteiger charge is 2.05. The van der Waals surface area contributed by atoms with Crippen molar-refractivity contribution in [3.05, 3.63) is 41.6 Å². The molecule has 92 valence electrons. The molecular formula is C11H11ClN6. The van der Waals surface area contributed by atoms with Crippen LogP contribution < -0.4 is 5.32 Å². The minimum absolute atomic E-state index is 0.556. The number of hydrogen-bond acceptors (Lipinski definition) is 4. The third kappa shape index (κ3) is 2.02. The molecule has 0 aliphatic rings. The van der Waals surface area contributed by atoms with Crippen LogP contribution in [0, 0.1) is 0 Å². The summed E-state index contributed by atoms with van der Waals surface area (Å²) in [7, 11) is 1.95. The first kappa shape index (κ1) is 11.0. The number of aromatic nitrogens is 5. The Bertz CT molecular complexity index is 686. The zero-order valence-electron chi connectivity index (χ0n) is 9.71. The van der Waals surface area contributed by atoms with Gasteiger partial charge in [-0.05, 0) is 12.1 Å². The van der Waals surface area contributed by atoms with E-state index in [1.165, 1.54) is 0 Å². The molecule has 0 saturated carbocycles. The summed E-state index contributed by atoms with van der Waals surface area (Å²) in [6.45, 7) is 0.577. The van der Waals surface area contributed by atoms with E-state index in [0.717, 1.165) is 11.5 Å². The maximum atomic E-state index is 5.88. The number of pyridine rings is 1. The highest BCUT2D eigenvalue weighted by Crippen LogP contribution is 2.11. The summed E-state index contributed by atoms with van der Waals surface area (Å²) in [5.41, 5.74) is 0.752. The third-order valence-corrected chi connectivity index (χ3v) is 2.84. The SMILES string of the molecule is Cn1ccnc1CNc1nc2ccc(Cl)cn2n1. The molecule has 6 nitrogen and oxygen atoms in total. The molecule has 0 fully saturated rings. The zero-order chi connectivity index (χ0) is 12.5. The maximum absolute atomic E-state index is 5.88. The van der Waals surface area contributed by atoms with Gasteiger partial charge in [-0.15, -0.1) is 5.10 Å².